The van der Waals surface area contributed by atoms with Crippen molar-refractivity contribution in [3.63, 3.8) is 0 Å². The standard InChI is InChI=1S/C17H18N2O4S/c1-23-10-4-5-11-12(7-10)24-17(18-11)19-15(20)13-8-2-3-9(6-8)14(13)16(21)22/h4-5,7-9,13-14H,2-3,6H2,1H3,(H,21,22)(H,18,19,20)/t8-,9-,13+,14-/m0/s1. The van der Waals surface area contributed by atoms with E-state index in [0.717, 1.165) is 35.2 Å². The van der Waals surface area contributed by atoms with Crippen LogP contribution in [-0.2, 0) is 9.59 Å². The van der Waals surface area contributed by atoms with E-state index in [1.807, 2.05) is 18.2 Å². The fourth-order valence-electron chi connectivity index (χ4n) is 4.30. The number of rotatable bonds is 4. The summed E-state index contributed by atoms with van der Waals surface area (Å²) < 4.78 is 6.12. The Bertz CT molecular complexity index is 818. The highest BCUT2D eigenvalue weighted by molar-refractivity contribution is 7.22. The molecule has 4 atom stereocenters. The quantitative estimate of drug-likeness (QED) is 0.888. The summed E-state index contributed by atoms with van der Waals surface area (Å²) in [6.07, 6.45) is 2.72. The van der Waals surface area contributed by atoms with E-state index >= 15 is 0 Å². The van der Waals surface area contributed by atoms with Crippen LogP contribution in [0.3, 0.4) is 0 Å². The third-order valence-electron chi connectivity index (χ3n) is 5.33. The van der Waals surface area contributed by atoms with Crippen LogP contribution in [0.5, 0.6) is 5.75 Å². The molecule has 2 bridgehead atoms. The highest BCUT2D eigenvalue weighted by Gasteiger charge is 2.54. The number of carboxylic acids is 1. The summed E-state index contributed by atoms with van der Waals surface area (Å²) in [6.45, 7) is 0. The van der Waals surface area contributed by atoms with E-state index in [0.29, 0.717) is 5.13 Å². The number of thiazole rings is 1. The molecule has 1 aromatic heterocycles. The first-order valence-corrected chi connectivity index (χ1v) is 8.86. The Labute approximate surface area is 142 Å². The molecule has 0 spiro atoms. The molecule has 0 radical (unpaired) electrons. The van der Waals surface area contributed by atoms with Gasteiger partial charge in [-0.25, -0.2) is 4.98 Å². The third-order valence-corrected chi connectivity index (χ3v) is 6.26. The smallest absolute Gasteiger partial charge is 0.307 e. The molecule has 2 aliphatic carbocycles. The number of fused-ring (bicyclic) bond motifs is 3. The van der Waals surface area contributed by atoms with Crippen molar-refractivity contribution < 1.29 is 19.4 Å². The molecule has 0 saturated heterocycles. The van der Waals surface area contributed by atoms with Gasteiger partial charge in [-0.05, 0) is 49.3 Å². The van der Waals surface area contributed by atoms with Crippen LogP contribution in [0.25, 0.3) is 10.2 Å². The van der Waals surface area contributed by atoms with Crippen LogP contribution >= 0.6 is 11.3 Å². The predicted octanol–water partition coefficient (Wildman–Crippen LogP) is 2.99. The fourth-order valence-corrected chi connectivity index (χ4v) is 5.20. The van der Waals surface area contributed by atoms with Crippen LogP contribution in [0, 0.1) is 23.7 Å². The van der Waals surface area contributed by atoms with Crippen molar-refractivity contribution in [1.82, 2.24) is 4.98 Å². The number of benzene rings is 1. The van der Waals surface area contributed by atoms with Gasteiger partial charge in [-0.1, -0.05) is 11.3 Å². The van der Waals surface area contributed by atoms with Gasteiger partial charge in [0.1, 0.15) is 5.75 Å². The van der Waals surface area contributed by atoms with E-state index in [1.165, 1.54) is 11.3 Å². The largest absolute Gasteiger partial charge is 0.497 e. The normalized spacial score (nSPS) is 28.2. The summed E-state index contributed by atoms with van der Waals surface area (Å²) in [5.74, 6) is -0.991. The van der Waals surface area contributed by atoms with Crippen LogP contribution in [-0.4, -0.2) is 29.1 Å². The molecule has 2 aromatic rings. The number of aromatic nitrogens is 1. The Kier molecular flexibility index (Phi) is 3.68. The maximum absolute atomic E-state index is 12.7. The van der Waals surface area contributed by atoms with E-state index in [4.69, 9.17) is 4.74 Å². The molecule has 1 heterocycles. The molecule has 6 nitrogen and oxygen atoms in total. The molecule has 24 heavy (non-hydrogen) atoms. The second-order valence-electron chi connectivity index (χ2n) is 6.56. The van der Waals surface area contributed by atoms with Gasteiger partial charge in [-0.3, -0.25) is 9.59 Å². The van der Waals surface area contributed by atoms with Gasteiger partial charge in [0.25, 0.3) is 0 Å². The number of carbonyl (C=O) groups is 2. The van der Waals surface area contributed by atoms with Gasteiger partial charge < -0.3 is 15.2 Å². The van der Waals surface area contributed by atoms with Crippen LogP contribution in [0.2, 0.25) is 0 Å². The van der Waals surface area contributed by atoms with Crippen molar-refractivity contribution in [3.8, 4) is 5.75 Å². The highest BCUT2D eigenvalue weighted by atomic mass is 32.1. The number of hydrogen-bond donors (Lipinski definition) is 2. The Morgan fingerprint density at radius 1 is 1.29 bits per heavy atom. The third kappa shape index (κ3) is 2.43. The highest BCUT2D eigenvalue weighted by Crippen LogP contribution is 2.52. The number of methoxy groups -OCH3 is 1. The van der Waals surface area contributed by atoms with Gasteiger partial charge in [-0.15, -0.1) is 0 Å². The van der Waals surface area contributed by atoms with E-state index in [1.54, 1.807) is 7.11 Å². The van der Waals surface area contributed by atoms with Crippen LogP contribution < -0.4 is 10.1 Å². The van der Waals surface area contributed by atoms with E-state index in [2.05, 4.69) is 10.3 Å². The Hall–Kier alpha value is -2.15. The van der Waals surface area contributed by atoms with Crippen molar-refractivity contribution in [2.75, 3.05) is 12.4 Å². The van der Waals surface area contributed by atoms with E-state index in [9.17, 15) is 14.7 Å². The average molecular weight is 346 g/mol. The van der Waals surface area contributed by atoms with Crippen molar-refractivity contribution in [3.05, 3.63) is 18.2 Å². The van der Waals surface area contributed by atoms with Gasteiger partial charge in [0.2, 0.25) is 5.91 Å². The summed E-state index contributed by atoms with van der Waals surface area (Å²) in [6, 6.07) is 5.54. The topological polar surface area (TPSA) is 88.5 Å². The summed E-state index contributed by atoms with van der Waals surface area (Å²) in [5, 5.41) is 12.8. The van der Waals surface area contributed by atoms with E-state index in [-0.39, 0.29) is 17.7 Å². The van der Waals surface area contributed by atoms with Gasteiger partial charge in [0, 0.05) is 0 Å². The molecule has 1 aromatic carbocycles. The van der Waals surface area contributed by atoms with Crippen LogP contribution in [0.15, 0.2) is 18.2 Å². The lowest BCUT2D eigenvalue weighted by atomic mass is 9.79. The van der Waals surface area contributed by atoms with Crippen LogP contribution in [0.4, 0.5) is 5.13 Å². The second-order valence-corrected chi connectivity index (χ2v) is 7.60. The van der Waals surface area contributed by atoms with Gasteiger partial charge in [-0.2, -0.15) is 0 Å². The lowest BCUT2D eigenvalue weighted by Gasteiger charge is -2.26. The minimum absolute atomic E-state index is 0.142. The zero-order valence-electron chi connectivity index (χ0n) is 13.2. The molecule has 2 aliphatic rings. The average Bonchev–Trinajstić information content (AvgIpc) is 3.26. The van der Waals surface area contributed by atoms with Crippen molar-refractivity contribution in [2.24, 2.45) is 23.7 Å². The molecular weight excluding hydrogens is 328 g/mol. The van der Waals surface area contributed by atoms with E-state index < -0.39 is 17.8 Å². The molecule has 7 heteroatoms. The first-order chi connectivity index (χ1) is 11.6. The predicted molar refractivity (Wildman–Crippen MR) is 90.2 cm³/mol. The van der Waals surface area contributed by atoms with Crippen molar-refractivity contribution in [1.29, 1.82) is 0 Å². The van der Waals surface area contributed by atoms with Gasteiger partial charge >= 0.3 is 5.97 Å². The lowest BCUT2D eigenvalue weighted by molar-refractivity contribution is -0.148. The zero-order valence-corrected chi connectivity index (χ0v) is 14.0. The summed E-state index contributed by atoms with van der Waals surface area (Å²) in [4.78, 5) is 28.7. The minimum Gasteiger partial charge on any atom is -0.497 e. The van der Waals surface area contributed by atoms with Crippen LogP contribution in [0.1, 0.15) is 19.3 Å². The van der Waals surface area contributed by atoms with Gasteiger partial charge in [0.05, 0.1) is 29.2 Å². The molecule has 2 N–H and O–H groups in total. The molecule has 2 fully saturated rings. The molecule has 2 saturated carbocycles. The maximum Gasteiger partial charge on any atom is 0.307 e. The second kappa shape index (κ2) is 5.73. The first kappa shape index (κ1) is 15.4. The molecule has 1 amide bonds. The van der Waals surface area contributed by atoms with Gasteiger partial charge in [0.15, 0.2) is 5.13 Å². The zero-order chi connectivity index (χ0) is 16.8. The van der Waals surface area contributed by atoms with Crippen molar-refractivity contribution >= 4 is 38.6 Å². The Balaban J connectivity index is 1.56. The number of carbonyl (C=O) groups excluding carboxylic acids is 1. The number of anilines is 1. The minimum atomic E-state index is -0.851. The number of ether oxygens (including phenoxy) is 1. The number of carboxylic acid groups (broad SMARTS) is 1. The maximum atomic E-state index is 12.7. The molecular formula is C17H18N2O4S. The lowest BCUT2D eigenvalue weighted by Crippen LogP contribution is -2.37. The SMILES string of the molecule is COc1ccc2nc(NC(=O)[C@@H]3[C@H]4CC[C@@H](C4)[C@@H]3C(=O)O)sc2c1. The molecule has 126 valence electrons. The number of hydrogen-bond acceptors (Lipinski definition) is 5. The Morgan fingerprint density at radius 3 is 2.75 bits per heavy atom. The molecule has 0 unspecified atom stereocenters. The van der Waals surface area contributed by atoms with Crippen molar-refractivity contribution in [2.45, 2.75) is 19.3 Å². The molecule has 0 aliphatic heterocycles. The monoisotopic (exact) mass is 346 g/mol. The fraction of sp³-hybridized carbons (Fsp3) is 0.471. The summed E-state index contributed by atoms with van der Waals surface area (Å²) in [7, 11) is 1.60. The number of amides is 1. The summed E-state index contributed by atoms with van der Waals surface area (Å²) in [5.41, 5.74) is 0.791. The number of nitrogens with zero attached hydrogens (tertiary/aromatic N) is 1. The molecule has 4 rings (SSSR count). The Morgan fingerprint density at radius 2 is 2.04 bits per heavy atom. The number of aliphatic carboxylic acids is 1. The summed E-state index contributed by atoms with van der Waals surface area (Å²) >= 11 is 1.37. The number of nitrogens with one attached hydrogen (secondary N) is 1. The first-order valence-electron chi connectivity index (χ1n) is 8.05.